The van der Waals surface area contributed by atoms with Crippen LogP contribution in [-0.2, 0) is 0 Å². The highest BCUT2D eigenvalue weighted by atomic mass is 16.5. The SMILES string of the molecule is CC(=O)c1ccc(-c2ccc(OCC(C)C)cc2)cc1. The number of carbonyl (C=O) groups excluding carboxylic acids is 1. The zero-order valence-electron chi connectivity index (χ0n) is 12.2. The Morgan fingerprint density at radius 1 is 0.950 bits per heavy atom. The molecular formula is C18H20O2. The van der Waals surface area contributed by atoms with Crippen molar-refractivity contribution in [1.29, 1.82) is 0 Å². The van der Waals surface area contributed by atoms with E-state index in [9.17, 15) is 4.79 Å². The summed E-state index contributed by atoms with van der Waals surface area (Å²) in [6.07, 6.45) is 0. The number of ketones is 1. The Labute approximate surface area is 120 Å². The lowest BCUT2D eigenvalue weighted by molar-refractivity contribution is 0.101. The van der Waals surface area contributed by atoms with E-state index in [1.807, 2.05) is 48.5 Å². The lowest BCUT2D eigenvalue weighted by Crippen LogP contribution is -2.04. The molecule has 0 fully saturated rings. The molecule has 0 spiro atoms. The first kappa shape index (κ1) is 14.3. The van der Waals surface area contributed by atoms with Gasteiger partial charge in [-0.2, -0.15) is 0 Å². The van der Waals surface area contributed by atoms with E-state index in [-0.39, 0.29) is 5.78 Å². The third kappa shape index (κ3) is 3.70. The molecule has 0 radical (unpaired) electrons. The number of Topliss-reactive ketones (excluding diaryl/α,β-unsaturated/α-hetero) is 1. The Bertz CT molecular complexity index is 565. The molecule has 2 rings (SSSR count). The molecular weight excluding hydrogens is 248 g/mol. The first-order valence-corrected chi connectivity index (χ1v) is 6.90. The van der Waals surface area contributed by atoms with Gasteiger partial charge in [0.25, 0.3) is 0 Å². The number of benzene rings is 2. The van der Waals surface area contributed by atoms with Crippen molar-refractivity contribution < 1.29 is 9.53 Å². The molecule has 0 aliphatic rings. The van der Waals surface area contributed by atoms with Crippen LogP contribution in [0, 0.1) is 5.92 Å². The minimum atomic E-state index is 0.0917. The minimum Gasteiger partial charge on any atom is -0.493 e. The Kier molecular flexibility index (Phi) is 4.57. The fourth-order valence-corrected chi connectivity index (χ4v) is 1.90. The van der Waals surface area contributed by atoms with Gasteiger partial charge in [-0.05, 0) is 36.1 Å². The summed E-state index contributed by atoms with van der Waals surface area (Å²) in [5.74, 6) is 1.51. The first-order valence-electron chi connectivity index (χ1n) is 6.90. The highest BCUT2D eigenvalue weighted by molar-refractivity contribution is 5.94. The van der Waals surface area contributed by atoms with Gasteiger partial charge in [-0.1, -0.05) is 50.2 Å². The van der Waals surface area contributed by atoms with Crippen LogP contribution in [0.25, 0.3) is 11.1 Å². The third-order valence-corrected chi connectivity index (χ3v) is 3.06. The van der Waals surface area contributed by atoms with Gasteiger partial charge in [-0.25, -0.2) is 0 Å². The molecule has 0 saturated heterocycles. The van der Waals surface area contributed by atoms with Gasteiger partial charge < -0.3 is 4.74 Å². The zero-order valence-corrected chi connectivity index (χ0v) is 12.2. The Hall–Kier alpha value is -2.09. The van der Waals surface area contributed by atoms with Crippen molar-refractivity contribution in [1.82, 2.24) is 0 Å². The molecule has 20 heavy (non-hydrogen) atoms. The van der Waals surface area contributed by atoms with E-state index in [0.717, 1.165) is 29.0 Å². The highest BCUT2D eigenvalue weighted by Gasteiger charge is 2.02. The highest BCUT2D eigenvalue weighted by Crippen LogP contribution is 2.23. The molecule has 0 aromatic heterocycles. The van der Waals surface area contributed by atoms with E-state index in [4.69, 9.17) is 4.74 Å². The maximum absolute atomic E-state index is 11.2. The van der Waals surface area contributed by atoms with Gasteiger partial charge in [-0.15, -0.1) is 0 Å². The van der Waals surface area contributed by atoms with Crippen molar-refractivity contribution in [2.75, 3.05) is 6.61 Å². The molecule has 0 N–H and O–H groups in total. The van der Waals surface area contributed by atoms with Gasteiger partial charge in [0.2, 0.25) is 0 Å². The van der Waals surface area contributed by atoms with Crippen LogP contribution < -0.4 is 4.74 Å². The summed E-state index contributed by atoms with van der Waals surface area (Å²) in [6.45, 7) is 6.57. The van der Waals surface area contributed by atoms with Gasteiger partial charge in [0.15, 0.2) is 5.78 Å². The van der Waals surface area contributed by atoms with Crippen molar-refractivity contribution >= 4 is 5.78 Å². The molecule has 2 aromatic rings. The largest absolute Gasteiger partial charge is 0.493 e. The smallest absolute Gasteiger partial charge is 0.159 e. The molecule has 0 unspecified atom stereocenters. The van der Waals surface area contributed by atoms with Crippen molar-refractivity contribution in [3.63, 3.8) is 0 Å². The van der Waals surface area contributed by atoms with Crippen LogP contribution in [0.1, 0.15) is 31.1 Å². The van der Waals surface area contributed by atoms with Crippen LogP contribution in [0.3, 0.4) is 0 Å². The minimum absolute atomic E-state index is 0.0917. The molecule has 0 atom stereocenters. The van der Waals surface area contributed by atoms with E-state index in [2.05, 4.69) is 13.8 Å². The summed E-state index contributed by atoms with van der Waals surface area (Å²) >= 11 is 0. The molecule has 0 amide bonds. The summed E-state index contributed by atoms with van der Waals surface area (Å²) in [5.41, 5.74) is 2.97. The number of hydrogen-bond acceptors (Lipinski definition) is 2. The Morgan fingerprint density at radius 2 is 1.45 bits per heavy atom. The standard InChI is InChI=1S/C18H20O2/c1-13(2)12-20-18-10-8-17(9-11-18)16-6-4-15(5-7-16)14(3)19/h4-11,13H,12H2,1-3H3. The van der Waals surface area contributed by atoms with E-state index >= 15 is 0 Å². The molecule has 0 bridgehead atoms. The van der Waals surface area contributed by atoms with Crippen molar-refractivity contribution in [3.8, 4) is 16.9 Å². The average Bonchev–Trinajstić information content (AvgIpc) is 2.46. The molecule has 2 nitrogen and oxygen atoms in total. The van der Waals surface area contributed by atoms with Gasteiger partial charge in [0.05, 0.1) is 6.61 Å². The second-order valence-electron chi connectivity index (χ2n) is 5.36. The fraction of sp³-hybridized carbons (Fsp3) is 0.278. The molecule has 2 aromatic carbocycles. The van der Waals surface area contributed by atoms with Crippen LogP contribution >= 0.6 is 0 Å². The maximum Gasteiger partial charge on any atom is 0.159 e. The first-order chi connectivity index (χ1) is 9.56. The van der Waals surface area contributed by atoms with Crippen molar-refractivity contribution in [3.05, 3.63) is 54.1 Å². The van der Waals surface area contributed by atoms with Crippen LogP contribution in [0.5, 0.6) is 5.75 Å². The third-order valence-electron chi connectivity index (χ3n) is 3.06. The summed E-state index contributed by atoms with van der Waals surface area (Å²) in [7, 11) is 0. The Balaban J connectivity index is 2.11. The lowest BCUT2D eigenvalue weighted by atomic mass is 10.0. The van der Waals surface area contributed by atoms with Crippen LogP contribution in [-0.4, -0.2) is 12.4 Å². The molecule has 2 heteroatoms. The molecule has 0 saturated carbocycles. The molecule has 104 valence electrons. The predicted molar refractivity (Wildman–Crippen MR) is 82.2 cm³/mol. The topological polar surface area (TPSA) is 26.3 Å². The Morgan fingerprint density at radius 3 is 1.90 bits per heavy atom. The predicted octanol–water partition coefficient (Wildman–Crippen LogP) is 4.59. The van der Waals surface area contributed by atoms with E-state index < -0.39 is 0 Å². The summed E-state index contributed by atoms with van der Waals surface area (Å²) < 4.78 is 5.66. The average molecular weight is 268 g/mol. The fourth-order valence-electron chi connectivity index (χ4n) is 1.90. The summed E-state index contributed by atoms with van der Waals surface area (Å²) in [4.78, 5) is 11.2. The molecule has 0 aliphatic heterocycles. The number of rotatable bonds is 5. The van der Waals surface area contributed by atoms with Gasteiger partial charge >= 0.3 is 0 Å². The number of carbonyl (C=O) groups is 1. The quantitative estimate of drug-likeness (QED) is 0.741. The van der Waals surface area contributed by atoms with E-state index in [1.54, 1.807) is 6.92 Å². The normalized spacial score (nSPS) is 10.6. The van der Waals surface area contributed by atoms with E-state index in [0.29, 0.717) is 5.92 Å². The van der Waals surface area contributed by atoms with Crippen molar-refractivity contribution in [2.24, 2.45) is 5.92 Å². The van der Waals surface area contributed by atoms with Crippen LogP contribution in [0.4, 0.5) is 0 Å². The monoisotopic (exact) mass is 268 g/mol. The lowest BCUT2D eigenvalue weighted by Gasteiger charge is -2.09. The number of ether oxygens (including phenoxy) is 1. The van der Waals surface area contributed by atoms with Crippen molar-refractivity contribution in [2.45, 2.75) is 20.8 Å². The molecule has 0 aliphatic carbocycles. The molecule has 0 heterocycles. The second-order valence-corrected chi connectivity index (χ2v) is 5.36. The zero-order chi connectivity index (χ0) is 14.5. The van der Waals surface area contributed by atoms with E-state index in [1.165, 1.54) is 0 Å². The summed E-state index contributed by atoms with van der Waals surface area (Å²) in [5, 5.41) is 0. The van der Waals surface area contributed by atoms with Crippen LogP contribution in [0.2, 0.25) is 0 Å². The number of hydrogen-bond donors (Lipinski definition) is 0. The van der Waals surface area contributed by atoms with Gasteiger partial charge in [-0.3, -0.25) is 4.79 Å². The van der Waals surface area contributed by atoms with Crippen LogP contribution in [0.15, 0.2) is 48.5 Å². The summed E-state index contributed by atoms with van der Waals surface area (Å²) in [6, 6.07) is 15.7. The second kappa shape index (κ2) is 6.38. The van der Waals surface area contributed by atoms with Gasteiger partial charge in [0, 0.05) is 5.56 Å². The van der Waals surface area contributed by atoms with Gasteiger partial charge in [0.1, 0.15) is 5.75 Å². The maximum atomic E-state index is 11.2.